The maximum absolute atomic E-state index is 12.6. The van der Waals surface area contributed by atoms with Gasteiger partial charge in [-0.3, -0.25) is 4.79 Å². The van der Waals surface area contributed by atoms with E-state index in [2.05, 4.69) is 50.3 Å². The lowest BCUT2D eigenvalue weighted by Gasteiger charge is -2.39. The Morgan fingerprint density at radius 1 is 0.702 bits per heavy atom. The van der Waals surface area contributed by atoms with Crippen molar-refractivity contribution in [3.63, 3.8) is 0 Å². The van der Waals surface area contributed by atoms with Gasteiger partial charge in [-0.1, -0.05) is 121 Å². The molecule has 0 radical (unpaired) electrons. The van der Waals surface area contributed by atoms with Crippen LogP contribution >= 0.6 is 0 Å². The number of aliphatic hydroxyl groups is 4. The Morgan fingerprint density at radius 3 is 1.96 bits per heavy atom. The highest BCUT2D eigenvalue weighted by atomic mass is 16.7. The second-order valence-corrected chi connectivity index (χ2v) is 12.6. The Morgan fingerprint density at radius 2 is 1.30 bits per heavy atom. The monoisotopic (exact) mass is 668 g/mol. The van der Waals surface area contributed by atoms with Crippen molar-refractivity contribution in [2.24, 2.45) is 0 Å². The lowest BCUT2D eigenvalue weighted by molar-refractivity contribution is -0.305. The van der Waals surface area contributed by atoms with Crippen LogP contribution in [-0.2, 0) is 23.7 Å². The molecule has 1 saturated heterocycles. The Hall–Kier alpha value is -1.59. The number of rotatable bonds is 30. The normalized spacial score (nSPS) is 22.6. The SMILES string of the molecule is CC/C=C\C/C=C\C/C=C\CCCCCCCCCC(=O)OC(COCCCCCCCCC)COC1OC(CO)C(O)C(O)C1O. The van der Waals surface area contributed by atoms with Gasteiger partial charge in [0.05, 0.1) is 19.8 Å². The average molecular weight is 669 g/mol. The Labute approximate surface area is 285 Å². The maximum Gasteiger partial charge on any atom is 0.306 e. The smallest absolute Gasteiger partial charge is 0.306 e. The topological polar surface area (TPSA) is 135 Å². The van der Waals surface area contributed by atoms with Gasteiger partial charge < -0.3 is 39.4 Å². The molecule has 1 heterocycles. The largest absolute Gasteiger partial charge is 0.457 e. The van der Waals surface area contributed by atoms with Crippen LogP contribution in [0, 0.1) is 0 Å². The van der Waals surface area contributed by atoms with Crippen molar-refractivity contribution < 1.29 is 44.2 Å². The number of hydrogen-bond donors (Lipinski definition) is 4. The summed E-state index contributed by atoms with van der Waals surface area (Å²) in [6.45, 7) is 4.38. The summed E-state index contributed by atoms with van der Waals surface area (Å²) in [5.74, 6) is -0.328. The van der Waals surface area contributed by atoms with Crippen molar-refractivity contribution >= 4 is 5.97 Å². The van der Waals surface area contributed by atoms with Gasteiger partial charge in [0.15, 0.2) is 6.29 Å². The number of hydrogen-bond acceptors (Lipinski definition) is 9. The minimum Gasteiger partial charge on any atom is -0.457 e. The van der Waals surface area contributed by atoms with Crippen LogP contribution in [0.2, 0.25) is 0 Å². The van der Waals surface area contributed by atoms with E-state index in [1.54, 1.807) is 0 Å². The molecule has 1 fully saturated rings. The highest BCUT2D eigenvalue weighted by Crippen LogP contribution is 2.22. The van der Waals surface area contributed by atoms with E-state index in [0.29, 0.717) is 13.0 Å². The van der Waals surface area contributed by atoms with Gasteiger partial charge in [0.1, 0.15) is 30.5 Å². The van der Waals surface area contributed by atoms with Crippen LogP contribution in [0.4, 0.5) is 0 Å². The number of carbonyl (C=O) groups is 1. The fraction of sp³-hybridized carbons (Fsp3) is 0.816. The first-order chi connectivity index (χ1) is 22.9. The summed E-state index contributed by atoms with van der Waals surface area (Å²) in [5.41, 5.74) is 0. The van der Waals surface area contributed by atoms with Gasteiger partial charge in [0.2, 0.25) is 0 Å². The average Bonchev–Trinajstić information content (AvgIpc) is 3.07. The van der Waals surface area contributed by atoms with Gasteiger partial charge in [-0.05, 0) is 44.9 Å². The van der Waals surface area contributed by atoms with Crippen LogP contribution in [-0.4, -0.2) is 89.6 Å². The van der Waals surface area contributed by atoms with Crippen molar-refractivity contribution in [2.75, 3.05) is 26.4 Å². The van der Waals surface area contributed by atoms with E-state index in [9.17, 15) is 25.2 Å². The molecular weight excluding hydrogens is 600 g/mol. The molecule has 9 heteroatoms. The first-order valence-corrected chi connectivity index (χ1v) is 18.6. The number of unbranched alkanes of at least 4 members (excludes halogenated alkanes) is 13. The molecule has 0 spiro atoms. The number of carbonyl (C=O) groups excluding carboxylic acids is 1. The van der Waals surface area contributed by atoms with Crippen molar-refractivity contribution in [1.29, 1.82) is 0 Å². The first-order valence-electron chi connectivity index (χ1n) is 18.6. The zero-order valence-corrected chi connectivity index (χ0v) is 29.5. The molecule has 0 bridgehead atoms. The molecule has 0 saturated carbocycles. The standard InChI is InChI=1S/C38H68O9/c1-3-5-7-9-11-12-13-14-15-16-17-18-19-20-21-23-25-27-34(40)46-32(30-44-28-26-24-22-10-8-6-4-2)31-45-38-37(43)36(42)35(41)33(29-39)47-38/h5,7,11-12,14-15,32-33,35-39,41-43H,3-4,6,8-10,13,16-31H2,1-2H3/b7-5-,12-11-,15-14-. The van der Waals surface area contributed by atoms with Gasteiger partial charge in [0, 0.05) is 13.0 Å². The van der Waals surface area contributed by atoms with E-state index in [-0.39, 0.29) is 19.2 Å². The lowest BCUT2D eigenvalue weighted by atomic mass is 9.99. The second-order valence-electron chi connectivity index (χ2n) is 12.6. The molecule has 0 aliphatic carbocycles. The van der Waals surface area contributed by atoms with Crippen LogP contribution in [0.1, 0.15) is 136 Å². The lowest BCUT2D eigenvalue weighted by Crippen LogP contribution is -2.59. The van der Waals surface area contributed by atoms with Crippen LogP contribution < -0.4 is 0 Å². The highest BCUT2D eigenvalue weighted by Gasteiger charge is 2.44. The summed E-state index contributed by atoms with van der Waals surface area (Å²) in [7, 11) is 0. The van der Waals surface area contributed by atoms with Gasteiger partial charge in [-0.2, -0.15) is 0 Å². The molecule has 1 rings (SSSR count). The number of allylic oxidation sites excluding steroid dienone is 6. The predicted octanol–water partition coefficient (Wildman–Crippen LogP) is 6.85. The molecule has 9 nitrogen and oxygen atoms in total. The minimum atomic E-state index is -1.53. The van der Waals surface area contributed by atoms with E-state index in [1.165, 1.54) is 51.4 Å². The van der Waals surface area contributed by atoms with E-state index in [0.717, 1.165) is 64.2 Å². The molecule has 0 aromatic heterocycles. The van der Waals surface area contributed by atoms with Crippen molar-refractivity contribution in [3.05, 3.63) is 36.5 Å². The molecule has 4 N–H and O–H groups in total. The van der Waals surface area contributed by atoms with Gasteiger partial charge in [-0.25, -0.2) is 0 Å². The summed E-state index contributed by atoms with van der Waals surface area (Å²) < 4.78 is 22.6. The second kappa shape index (κ2) is 30.5. The van der Waals surface area contributed by atoms with E-state index < -0.39 is 43.4 Å². The van der Waals surface area contributed by atoms with Crippen LogP contribution in [0.25, 0.3) is 0 Å². The first kappa shape index (κ1) is 43.4. The van der Waals surface area contributed by atoms with Crippen LogP contribution in [0.5, 0.6) is 0 Å². The van der Waals surface area contributed by atoms with Crippen LogP contribution in [0.3, 0.4) is 0 Å². The zero-order chi connectivity index (χ0) is 34.4. The van der Waals surface area contributed by atoms with Gasteiger partial charge >= 0.3 is 5.97 Å². The maximum atomic E-state index is 12.6. The van der Waals surface area contributed by atoms with Crippen molar-refractivity contribution in [1.82, 2.24) is 0 Å². The van der Waals surface area contributed by atoms with E-state index >= 15 is 0 Å². The molecule has 1 aliphatic heterocycles. The molecule has 0 aromatic rings. The number of aliphatic hydroxyl groups excluding tert-OH is 4. The summed E-state index contributed by atoms with van der Waals surface area (Å²) >= 11 is 0. The zero-order valence-electron chi connectivity index (χ0n) is 29.5. The fourth-order valence-electron chi connectivity index (χ4n) is 5.39. The van der Waals surface area contributed by atoms with Crippen LogP contribution in [0.15, 0.2) is 36.5 Å². The van der Waals surface area contributed by atoms with Gasteiger partial charge in [-0.15, -0.1) is 0 Å². The molecule has 0 amide bonds. The number of esters is 1. The van der Waals surface area contributed by atoms with E-state index in [1.807, 2.05) is 0 Å². The molecule has 1 aliphatic rings. The fourth-order valence-corrected chi connectivity index (χ4v) is 5.39. The summed E-state index contributed by atoms with van der Waals surface area (Å²) in [6.07, 6.45) is 26.1. The summed E-state index contributed by atoms with van der Waals surface area (Å²) in [4.78, 5) is 12.6. The molecule has 6 unspecified atom stereocenters. The predicted molar refractivity (Wildman–Crippen MR) is 187 cm³/mol. The molecule has 47 heavy (non-hydrogen) atoms. The number of ether oxygens (including phenoxy) is 4. The minimum absolute atomic E-state index is 0.117. The van der Waals surface area contributed by atoms with Crippen molar-refractivity contribution in [2.45, 2.75) is 173 Å². The molecule has 274 valence electrons. The van der Waals surface area contributed by atoms with Gasteiger partial charge in [0.25, 0.3) is 0 Å². The molecular formula is C38H68O9. The third kappa shape index (κ3) is 22.6. The third-order valence-corrected chi connectivity index (χ3v) is 8.32. The molecule has 0 aromatic carbocycles. The Balaban J connectivity index is 2.30. The summed E-state index contributed by atoms with van der Waals surface area (Å²) in [5, 5.41) is 39.8. The Kier molecular flexibility index (Phi) is 28.2. The quantitative estimate of drug-likeness (QED) is 0.0368. The Bertz CT molecular complexity index is 813. The van der Waals surface area contributed by atoms with E-state index in [4.69, 9.17) is 18.9 Å². The summed E-state index contributed by atoms with van der Waals surface area (Å²) in [6, 6.07) is 0. The van der Waals surface area contributed by atoms with Crippen molar-refractivity contribution in [3.8, 4) is 0 Å². The highest BCUT2D eigenvalue weighted by molar-refractivity contribution is 5.69. The molecule has 6 atom stereocenters. The third-order valence-electron chi connectivity index (χ3n) is 8.32.